The molecular formula is C45H66N7O14PS. The number of hydrogen-bond donors (Lipinski definition) is 6. The molecule has 3 aromatic rings. The number of nitrogen functional groups attached to an aromatic ring is 1. The van der Waals surface area contributed by atoms with Crippen molar-refractivity contribution in [3.8, 4) is 0 Å². The van der Waals surface area contributed by atoms with E-state index in [1.54, 1.807) is 4.57 Å². The van der Waals surface area contributed by atoms with Gasteiger partial charge in [0.2, 0.25) is 0 Å². The molecule has 23 heteroatoms. The van der Waals surface area contributed by atoms with Crippen molar-refractivity contribution in [3.05, 3.63) is 45.8 Å². The molecule has 6 aliphatic rings. The molecular weight excluding hydrogens is 926 g/mol. The number of imidazole rings is 1. The van der Waals surface area contributed by atoms with Crippen LogP contribution in [0.15, 0.2) is 34.5 Å². The monoisotopic (exact) mass is 991 g/mol. The molecule has 0 amide bonds. The lowest BCUT2D eigenvalue weighted by atomic mass is 9.43. The van der Waals surface area contributed by atoms with Gasteiger partial charge in [-0.2, -0.15) is 0 Å². The van der Waals surface area contributed by atoms with Crippen molar-refractivity contribution in [2.45, 2.75) is 147 Å². The summed E-state index contributed by atoms with van der Waals surface area (Å²) in [5, 5.41) is 44.0. The van der Waals surface area contributed by atoms with E-state index in [4.69, 9.17) is 33.7 Å². The molecule has 68 heavy (non-hydrogen) atoms. The second-order valence-electron chi connectivity index (χ2n) is 20.5. The first kappa shape index (κ1) is 49.7. The van der Waals surface area contributed by atoms with Gasteiger partial charge in [0, 0.05) is 43.6 Å². The number of aliphatic hydroxyl groups is 4. The minimum absolute atomic E-state index is 0.0859. The van der Waals surface area contributed by atoms with Gasteiger partial charge in [0.05, 0.1) is 37.9 Å². The molecule has 2 saturated heterocycles. The van der Waals surface area contributed by atoms with Crippen LogP contribution in [0.4, 0.5) is 5.82 Å². The molecule has 12 unspecified atom stereocenters. The fraction of sp³-hybridized carbons (Fsp3) is 0.778. The maximum atomic E-state index is 14.9. The van der Waals surface area contributed by atoms with Crippen LogP contribution in [0.5, 0.6) is 0 Å². The molecule has 9 rings (SSSR count). The molecule has 0 radical (unpaired) electrons. The number of nitrogens with zero attached hydrogens (tertiary/aromatic N) is 5. The highest BCUT2D eigenvalue weighted by Gasteiger charge is 2.64. The Morgan fingerprint density at radius 1 is 1.03 bits per heavy atom. The van der Waals surface area contributed by atoms with Crippen molar-refractivity contribution in [1.82, 2.24) is 29.1 Å². The van der Waals surface area contributed by atoms with Gasteiger partial charge < -0.3 is 45.1 Å². The Balaban J connectivity index is 0.853. The SMILES string of the molecule is COC1[C@@H](OP(=O)(OC[C@H]2O[C@@H](n3cnc4c(N)ncnc43)C[C@H]2O)SCOC(=O)CCC(C)C2CCC3C4CCC5CC(O)CCC5(C)C4CC(O)C23C)[C@@H](CO)O[C@H]1n1ccc(=O)[nH]c1=O. The van der Waals surface area contributed by atoms with E-state index >= 15 is 0 Å². The molecule has 376 valence electrons. The molecule has 4 saturated carbocycles. The number of nitrogens with two attached hydrogens (primary N) is 1. The van der Waals surface area contributed by atoms with Crippen LogP contribution in [-0.2, 0) is 37.4 Å². The van der Waals surface area contributed by atoms with Crippen molar-refractivity contribution in [2.24, 2.45) is 46.3 Å². The van der Waals surface area contributed by atoms with Crippen molar-refractivity contribution >= 4 is 41.1 Å². The van der Waals surface area contributed by atoms with Gasteiger partial charge >= 0.3 is 18.5 Å². The molecule has 7 N–H and O–H groups in total. The van der Waals surface area contributed by atoms with Crippen molar-refractivity contribution in [2.75, 3.05) is 32.0 Å². The van der Waals surface area contributed by atoms with Gasteiger partial charge in [-0.15, -0.1) is 0 Å². The summed E-state index contributed by atoms with van der Waals surface area (Å²) in [6.45, 7) is 1.28. The van der Waals surface area contributed by atoms with E-state index in [2.05, 4.69) is 40.7 Å². The minimum Gasteiger partial charge on any atom is -0.454 e. The summed E-state index contributed by atoms with van der Waals surface area (Å²) in [4.78, 5) is 52.7. The fourth-order valence-electron chi connectivity index (χ4n) is 13.5. The molecule has 4 aliphatic carbocycles. The summed E-state index contributed by atoms with van der Waals surface area (Å²) in [6, 6.07) is 1.11. The number of anilines is 1. The second kappa shape index (κ2) is 19.7. The van der Waals surface area contributed by atoms with Gasteiger partial charge in [0.25, 0.3) is 5.56 Å². The van der Waals surface area contributed by atoms with E-state index in [9.17, 15) is 39.4 Å². The first-order valence-electron chi connectivity index (χ1n) is 23.9. The number of carbonyl (C=O) groups is 1. The molecule has 0 bridgehead atoms. The number of fused-ring (bicyclic) bond motifs is 6. The Morgan fingerprint density at radius 3 is 2.60 bits per heavy atom. The molecule has 2 aliphatic heterocycles. The zero-order chi connectivity index (χ0) is 48.3. The molecule has 3 aromatic heterocycles. The third kappa shape index (κ3) is 9.14. The summed E-state index contributed by atoms with van der Waals surface area (Å²) in [6.07, 6.45) is 3.95. The number of carbonyl (C=O) groups excluding carboxylic acids is 1. The van der Waals surface area contributed by atoms with Crippen LogP contribution in [0.2, 0.25) is 0 Å². The third-order valence-electron chi connectivity index (χ3n) is 17.1. The van der Waals surface area contributed by atoms with E-state index in [1.807, 2.05) is 0 Å². The zero-order valence-electron chi connectivity index (χ0n) is 38.9. The lowest BCUT2D eigenvalue weighted by Gasteiger charge is -2.62. The highest BCUT2D eigenvalue weighted by Crippen LogP contribution is 2.69. The number of aromatic nitrogens is 6. The highest BCUT2D eigenvalue weighted by atomic mass is 32.7. The maximum Gasteiger partial charge on any atom is 0.392 e. The smallest absolute Gasteiger partial charge is 0.392 e. The van der Waals surface area contributed by atoms with E-state index in [0.29, 0.717) is 52.6 Å². The number of hydrogen-bond acceptors (Lipinski definition) is 19. The Bertz CT molecular complexity index is 2460. The second-order valence-corrected chi connectivity index (χ2v) is 24.4. The van der Waals surface area contributed by atoms with Gasteiger partial charge in [-0.25, -0.2) is 24.3 Å². The molecule has 21 nitrogen and oxygen atoms in total. The van der Waals surface area contributed by atoms with Gasteiger partial charge in [-0.3, -0.25) is 32.8 Å². The van der Waals surface area contributed by atoms with Crippen LogP contribution in [0.25, 0.3) is 11.2 Å². The Morgan fingerprint density at radius 2 is 1.84 bits per heavy atom. The first-order chi connectivity index (χ1) is 32.5. The predicted octanol–water partition coefficient (Wildman–Crippen LogP) is 3.66. The average molecular weight is 992 g/mol. The summed E-state index contributed by atoms with van der Waals surface area (Å²) in [7, 11) is 1.31. The quantitative estimate of drug-likeness (QED) is 0.0678. The molecule has 6 fully saturated rings. The van der Waals surface area contributed by atoms with Crippen LogP contribution in [-0.4, -0.2) is 124 Å². The van der Waals surface area contributed by atoms with Crippen molar-refractivity contribution in [1.29, 1.82) is 0 Å². The largest absolute Gasteiger partial charge is 0.454 e. The number of rotatable bonds is 16. The molecule has 0 spiro atoms. The van der Waals surface area contributed by atoms with Crippen LogP contribution < -0.4 is 17.0 Å². The van der Waals surface area contributed by atoms with Crippen molar-refractivity contribution < 1.29 is 57.8 Å². The summed E-state index contributed by atoms with van der Waals surface area (Å²) in [5.41, 5.74) is 5.12. The summed E-state index contributed by atoms with van der Waals surface area (Å²) < 4.78 is 53.1. The third-order valence-corrected chi connectivity index (χ3v) is 20.5. The number of aromatic amines is 1. The average Bonchev–Trinajstić information content (AvgIpc) is 4.09. The van der Waals surface area contributed by atoms with Crippen LogP contribution in [0, 0.1) is 46.3 Å². The maximum absolute atomic E-state index is 14.9. The summed E-state index contributed by atoms with van der Waals surface area (Å²) >= 11 is 0.574. The van der Waals surface area contributed by atoms with E-state index in [0.717, 1.165) is 62.0 Å². The number of ether oxygens (including phenoxy) is 4. The molecule has 5 heterocycles. The van der Waals surface area contributed by atoms with Gasteiger partial charge in [-0.1, -0.05) is 20.8 Å². The van der Waals surface area contributed by atoms with Gasteiger partial charge in [0.1, 0.15) is 48.4 Å². The summed E-state index contributed by atoms with van der Waals surface area (Å²) in [5.74, 6) is 1.40. The van der Waals surface area contributed by atoms with Crippen LogP contribution >= 0.6 is 18.2 Å². The lowest BCUT2D eigenvalue weighted by Crippen LogP contribution is -2.58. The predicted molar refractivity (Wildman–Crippen MR) is 245 cm³/mol. The first-order valence-corrected chi connectivity index (χ1v) is 27.1. The number of methoxy groups -OCH3 is 1. The van der Waals surface area contributed by atoms with Gasteiger partial charge in [0.15, 0.2) is 17.7 Å². The lowest BCUT2D eigenvalue weighted by molar-refractivity contribution is -0.175. The van der Waals surface area contributed by atoms with E-state index in [1.165, 1.54) is 26.0 Å². The minimum atomic E-state index is -4.45. The van der Waals surface area contributed by atoms with Crippen LogP contribution in [0.1, 0.15) is 104 Å². The topological polar surface area (TPSA) is 295 Å². The Labute approximate surface area is 397 Å². The van der Waals surface area contributed by atoms with Crippen molar-refractivity contribution in [3.63, 3.8) is 0 Å². The standard InChI is InChI=1S/C45H66N7O14PS/c1-23(27-8-9-28-26-7-6-24-15-25(54)11-13-44(24,2)29(26)16-33(56)45(27,28)3)5-10-36(58)62-22-68-67(60,66-38-31(18-53)65-42(39(38)61-4)51-14-12-34(57)50-43(51)59)63-19-32-30(55)17-35(64-32)52-21-49-37-40(46)47-20-48-41(37)52/h12,14,20-21,23-33,35,38-39,42,53-56H,5-11,13,15-19,22H2,1-4H3,(H2,46,47,48)(H,50,57,59)/t23?,24?,25?,26?,27?,28?,29?,30-,31-,32-,33?,35-,38+,39?,42-,44?,45?,67?/m1/s1. The Hall–Kier alpha value is -3.28. The molecule has 18 atom stereocenters. The number of aliphatic hydroxyl groups excluding tert-OH is 4. The van der Waals surface area contributed by atoms with Gasteiger partial charge in [-0.05, 0) is 104 Å². The van der Waals surface area contributed by atoms with E-state index < -0.39 is 92.2 Å². The molecule has 0 aromatic carbocycles. The normalized spacial score (nSPS) is 39.2. The number of nitrogens with one attached hydrogen (secondary N) is 1. The highest BCUT2D eigenvalue weighted by molar-refractivity contribution is 8.55. The number of esters is 1. The van der Waals surface area contributed by atoms with E-state index in [-0.39, 0.29) is 47.4 Å². The Kier molecular flexibility index (Phi) is 14.4. The number of H-pyrrole nitrogens is 1. The fourth-order valence-corrected chi connectivity index (χ4v) is 16.4. The van der Waals surface area contributed by atoms with Crippen LogP contribution in [0.3, 0.4) is 0 Å². The zero-order valence-corrected chi connectivity index (χ0v) is 40.6.